The highest BCUT2D eigenvalue weighted by molar-refractivity contribution is 6.16. The van der Waals surface area contributed by atoms with Crippen LogP contribution in [0.2, 0.25) is 0 Å². The number of esters is 3. The third kappa shape index (κ3) is 3.22. The Morgan fingerprint density at radius 1 is 1.00 bits per heavy atom. The van der Waals surface area contributed by atoms with Crippen molar-refractivity contribution in [2.75, 3.05) is 13.9 Å². The van der Waals surface area contributed by atoms with Gasteiger partial charge in [-0.1, -0.05) is 18.2 Å². The first kappa shape index (κ1) is 17.4. The van der Waals surface area contributed by atoms with Crippen molar-refractivity contribution in [1.82, 2.24) is 0 Å². The monoisotopic (exact) mass is 358 g/mol. The average molecular weight is 358 g/mol. The highest BCUT2D eigenvalue weighted by Gasteiger charge is 2.32. The summed E-state index contributed by atoms with van der Waals surface area (Å²) in [6.07, 6.45) is 0. The highest BCUT2D eigenvalue weighted by Crippen LogP contribution is 2.29. The Hall–Kier alpha value is -3.39. The molecule has 2 aromatic carbocycles. The summed E-state index contributed by atoms with van der Waals surface area (Å²) < 4.78 is 19.2. The first-order valence-electron chi connectivity index (χ1n) is 7.52. The lowest BCUT2D eigenvalue weighted by Gasteiger charge is -2.06. The highest BCUT2D eigenvalue weighted by atomic mass is 16.7. The summed E-state index contributed by atoms with van der Waals surface area (Å²) in [5.74, 6) is -1.51. The second kappa shape index (κ2) is 7.24. The summed E-state index contributed by atoms with van der Waals surface area (Å²) in [7, 11) is 1.53. The zero-order valence-corrected chi connectivity index (χ0v) is 13.7. The molecule has 8 heteroatoms. The van der Waals surface area contributed by atoms with E-state index in [1.54, 1.807) is 6.07 Å². The van der Waals surface area contributed by atoms with E-state index in [-0.39, 0.29) is 29.6 Å². The first-order chi connectivity index (χ1) is 12.5. The van der Waals surface area contributed by atoms with Crippen molar-refractivity contribution in [2.24, 2.45) is 0 Å². The maximum absolute atomic E-state index is 11.3. The minimum atomic E-state index is -0.784. The standard InChI is InChI=1S/C10H10O4.C8H4O4/c1-12-6-14-8-4-2-3-7-5-13-10(11)9(7)8;9-5-3-1-2-4-6(5)8(11)12-7(4)10/h2-4H,5-6H2,1H3;1-3,9H. The van der Waals surface area contributed by atoms with Gasteiger partial charge in [0.1, 0.15) is 29.2 Å². The molecule has 0 unspecified atom stereocenters. The van der Waals surface area contributed by atoms with Crippen LogP contribution in [0.25, 0.3) is 0 Å². The Kier molecular flexibility index (Phi) is 4.85. The molecular formula is C18H14O8. The molecule has 8 nitrogen and oxygen atoms in total. The predicted octanol–water partition coefficient (Wildman–Crippen LogP) is 2.04. The van der Waals surface area contributed by atoms with Gasteiger partial charge in [0.05, 0.1) is 5.56 Å². The SMILES string of the molecule is COCOc1cccc2c1C(=O)OC2.O=C1OC(=O)c2c(O)cccc21. The van der Waals surface area contributed by atoms with E-state index < -0.39 is 11.9 Å². The van der Waals surface area contributed by atoms with Gasteiger partial charge in [-0.2, -0.15) is 0 Å². The molecule has 0 aliphatic carbocycles. The molecule has 0 bridgehead atoms. The van der Waals surface area contributed by atoms with E-state index in [9.17, 15) is 14.4 Å². The van der Waals surface area contributed by atoms with Gasteiger partial charge in [-0.15, -0.1) is 0 Å². The fraction of sp³-hybridized carbons (Fsp3) is 0.167. The van der Waals surface area contributed by atoms with E-state index in [0.717, 1.165) is 5.56 Å². The van der Waals surface area contributed by atoms with E-state index in [1.807, 2.05) is 12.1 Å². The van der Waals surface area contributed by atoms with Crippen LogP contribution in [0.3, 0.4) is 0 Å². The smallest absolute Gasteiger partial charge is 0.350 e. The van der Waals surface area contributed by atoms with Gasteiger partial charge in [-0.25, -0.2) is 14.4 Å². The van der Waals surface area contributed by atoms with Gasteiger partial charge in [0, 0.05) is 12.7 Å². The fourth-order valence-corrected chi connectivity index (χ4v) is 2.50. The van der Waals surface area contributed by atoms with Gasteiger partial charge in [0.25, 0.3) is 0 Å². The Bertz CT molecular complexity index is 887. The minimum absolute atomic E-state index is 0.0394. The van der Waals surface area contributed by atoms with E-state index in [2.05, 4.69) is 4.74 Å². The van der Waals surface area contributed by atoms with Crippen LogP contribution in [0.1, 0.15) is 36.6 Å². The van der Waals surface area contributed by atoms with Crippen molar-refractivity contribution in [2.45, 2.75) is 6.61 Å². The van der Waals surface area contributed by atoms with Gasteiger partial charge in [0.2, 0.25) is 0 Å². The number of phenols is 1. The lowest BCUT2D eigenvalue weighted by atomic mass is 10.1. The number of methoxy groups -OCH3 is 1. The molecule has 2 aliphatic rings. The van der Waals surface area contributed by atoms with Crippen molar-refractivity contribution in [1.29, 1.82) is 0 Å². The third-order valence-electron chi connectivity index (χ3n) is 3.66. The van der Waals surface area contributed by atoms with Crippen LogP contribution in [-0.4, -0.2) is 36.9 Å². The van der Waals surface area contributed by atoms with Crippen LogP contribution in [0.4, 0.5) is 0 Å². The Morgan fingerprint density at radius 2 is 1.77 bits per heavy atom. The van der Waals surface area contributed by atoms with E-state index >= 15 is 0 Å². The van der Waals surface area contributed by atoms with Gasteiger partial charge in [-0.05, 0) is 18.2 Å². The quantitative estimate of drug-likeness (QED) is 0.504. The molecule has 0 radical (unpaired) electrons. The second-order valence-corrected chi connectivity index (χ2v) is 5.29. The number of carbonyl (C=O) groups is 3. The van der Waals surface area contributed by atoms with E-state index in [4.69, 9.17) is 19.3 Å². The number of cyclic esters (lactones) is 3. The summed E-state index contributed by atoms with van der Waals surface area (Å²) >= 11 is 0. The molecule has 0 saturated carbocycles. The zero-order valence-electron chi connectivity index (χ0n) is 13.7. The summed E-state index contributed by atoms with van der Waals surface area (Å²) in [5.41, 5.74) is 1.47. The molecule has 0 amide bonds. The lowest BCUT2D eigenvalue weighted by Crippen LogP contribution is -2.04. The normalized spacial score (nSPS) is 14.0. The van der Waals surface area contributed by atoms with Gasteiger partial charge in [0.15, 0.2) is 6.79 Å². The van der Waals surface area contributed by atoms with Crippen molar-refractivity contribution >= 4 is 17.9 Å². The Labute approximate surface area is 147 Å². The van der Waals surface area contributed by atoms with Crippen molar-refractivity contribution in [3.63, 3.8) is 0 Å². The number of rotatable bonds is 3. The molecule has 0 saturated heterocycles. The number of hydrogen-bond acceptors (Lipinski definition) is 8. The van der Waals surface area contributed by atoms with Gasteiger partial charge >= 0.3 is 17.9 Å². The molecule has 134 valence electrons. The largest absolute Gasteiger partial charge is 0.507 e. The fourth-order valence-electron chi connectivity index (χ4n) is 2.50. The third-order valence-corrected chi connectivity index (χ3v) is 3.66. The maximum atomic E-state index is 11.3. The number of benzene rings is 2. The number of fused-ring (bicyclic) bond motifs is 2. The zero-order chi connectivity index (χ0) is 18.7. The van der Waals surface area contributed by atoms with Crippen LogP contribution in [0, 0.1) is 0 Å². The van der Waals surface area contributed by atoms with Crippen LogP contribution in [-0.2, 0) is 20.8 Å². The molecule has 1 N–H and O–H groups in total. The van der Waals surface area contributed by atoms with Crippen molar-refractivity contribution < 1.29 is 38.4 Å². The van der Waals surface area contributed by atoms with Crippen LogP contribution in [0.5, 0.6) is 11.5 Å². The average Bonchev–Trinajstić information content (AvgIpc) is 3.15. The topological polar surface area (TPSA) is 108 Å². The predicted molar refractivity (Wildman–Crippen MR) is 85.9 cm³/mol. The number of ether oxygens (including phenoxy) is 4. The summed E-state index contributed by atoms with van der Waals surface area (Å²) in [6, 6.07) is 9.64. The molecule has 0 fully saturated rings. The molecule has 4 rings (SSSR count). The van der Waals surface area contributed by atoms with Crippen molar-refractivity contribution in [3.8, 4) is 11.5 Å². The number of carbonyl (C=O) groups excluding carboxylic acids is 3. The molecule has 0 atom stereocenters. The summed E-state index contributed by atoms with van der Waals surface area (Å²) in [5, 5.41) is 9.17. The number of hydrogen-bond donors (Lipinski definition) is 1. The van der Waals surface area contributed by atoms with Crippen LogP contribution >= 0.6 is 0 Å². The lowest BCUT2D eigenvalue weighted by molar-refractivity contribution is 0.0436. The Balaban J connectivity index is 0.000000152. The van der Waals surface area contributed by atoms with Crippen LogP contribution in [0.15, 0.2) is 36.4 Å². The summed E-state index contributed by atoms with van der Waals surface area (Å²) in [6.45, 7) is 0.460. The maximum Gasteiger partial charge on any atom is 0.350 e. The molecule has 0 aromatic heterocycles. The molecule has 26 heavy (non-hydrogen) atoms. The van der Waals surface area contributed by atoms with Crippen LogP contribution < -0.4 is 4.74 Å². The Morgan fingerprint density at radius 3 is 2.50 bits per heavy atom. The number of phenolic OH excluding ortho intramolecular Hbond substituents is 1. The van der Waals surface area contributed by atoms with E-state index in [0.29, 0.717) is 17.9 Å². The van der Waals surface area contributed by atoms with Crippen molar-refractivity contribution in [3.05, 3.63) is 58.7 Å². The molecule has 0 spiro atoms. The minimum Gasteiger partial charge on any atom is -0.507 e. The molecule has 2 heterocycles. The second-order valence-electron chi connectivity index (χ2n) is 5.29. The molecular weight excluding hydrogens is 344 g/mol. The molecule has 2 aromatic rings. The summed E-state index contributed by atoms with van der Waals surface area (Å²) in [4.78, 5) is 33.1. The molecule has 2 aliphatic heterocycles. The first-order valence-corrected chi connectivity index (χ1v) is 7.52. The number of aromatic hydroxyl groups is 1. The van der Waals surface area contributed by atoms with Gasteiger partial charge < -0.3 is 24.1 Å². The van der Waals surface area contributed by atoms with Gasteiger partial charge in [-0.3, -0.25) is 0 Å². The van der Waals surface area contributed by atoms with E-state index in [1.165, 1.54) is 25.3 Å².